The van der Waals surface area contributed by atoms with E-state index in [9.17, 15) is 4.79 Å². The van der Waals surface area contributed by atoms with Crippen molar-refractivity contribution >= 4 is 5.91 Å². The van der Waals surface area contributed by atoms with Crippen LogP contribution in [0.5, 0.6) is 11.5 Å². The van der Waals surface area contributed by atoms with Crippen LogP contribution in [0.1, 0.15) is 32.8 Å². The Hall–Kier alpha value is -1.75. The highest BCUT2D eigenvalue weighted by Crippen LogP contribution is 2.28. The van der Waals surface area contributed by atoms with Crippen molar-refractivity contribution < 1.29 is 14.3 Å². The molecule has 0 aliphatic rings. The highest BCUT2D eigenvalue weighted by atomic mass is 16.5. The van der Waals surface area contributed by atoms with E-state index in [1.165, 1.54) is 0 Å². The Morgan fingerprint density at radius 2 is 2.05 bits per heavy atom. The molecule has 0 spiro atoms. The van der Waals surface area contributed by atoms with Crippen molar-refractivity contribution in [3.63, 3.8) is 0 Å². The number of methoxy groups -OCH3 is 1. The van der Waals surface area contributed by atoms with E-state index in [4.69, 9.17) is 15.2 Å². The minimum absolute atomic E-state index is 0.293. The molecule has 0 aliphatic heterocycles. The van der Waals surface area contributed by atoms with Gasteiger partial charge in [0.2, 0.25) is 5.91 Å². The van der Waals surface area contributed by atoms with E-state index >= 15 is 0 Å². The summed E-state index contributed by atoms with van der Waals surface area (Å²) in [5.41, 5.74) is 5.95. The molecule has 0 saturated carbocycles. The summed E-state index contributed by atoms with van der Waals surface area (Å²) in [6, 6.07) is 5.79. The lowest BCUT2D eigenvalue weighted by Gasteiger charge is -2.25. The minimum atomic E-state index is -0.336. The number of hydrogen-bond donors (Lipinski definition) is 2. The Labute approximate surface area is 120 Å². The fraction of sp³-hybridized carbons (Fsp3) is 0.533. The Balaban J connectivity index is 2.71. The van der Waals surface area contributed by atoms with Gasteiger partial charge in [-0.2, -0.15) is 0 Å². The maximum atomic E-state index is 11.0. The molecule has 1 aromatic rings. The first-order valence-electron chi connectivity index (χ1n) is 6.71. The number of ether oxygens (including phenoxy) is 2. The number of benzene rings is 1. The number of carbonyl (C=O) groups excluding carboxylic acids is 1. The van der Waals surface area contributed by atoms with E-state index < -0.39 is 0 Å². The lowest BCUT2D eigenvalue weighted by atomic mass is 10.00. The van der Waals surface area contributed by atoms with Gasteiger partial charge in [-0.25, -0.2) is 0 Å². The molecule has 5 nitrogen and oxygen atoms in total. The van der Waals surface area contributed by atoms with Crippen molar-refractivity contribution in [2.24, 2.45) is 5.73 Å². The molecule has 0 saturated heterocycles. The second kappa shape index (κ2) is 7.14. The molecule has 5 heteroatoms. The number of rotatable bonds is 8. The number of primary amides is 1. The minimum Gasteiger partial charge on any atom is -0.493 e. The van der Waals surface area contributed by atoms with Crippen LogP contribution in [0, 0.1) is 0 Å². The first kappa shape index (κ1) is 16.3. The van der Waals surface area contributed by atoms with Gasteiger partial charge < -0.3 is 20.5 Å². The first-order valence-corrected chi connectivity index (χ1v) is 6.71. The molecule has 0 radical (unpaired) electrons. The highest BCUT2D eigenvalue weighted by molar-refractivity contribution is 5.75. The van der Waals surface area contributed by atoms with Gasteiger partial charge in [0.25, 0.3) is 0 Å². The van der Waals surface area contributed by atoms with Gasteiger partial charge in [0.1, 0.15) is 0 Å². The summed E-state index contributed by atoms with van der Waals surface area (Å²) >= 11 is 0. The molecule has 0 bridgehead atoms. The summed E-state index contributed by atoms with van der Waals surface area (Å²) in [5, 5.41) is 3.31. The van der Waals surface area contributed by atoms with Gasteiger partial charge in [-0.3, -0.25) is 4.79 Å². The SMILES string of the molecule is CCOc1ccc(CNC(C)(C)CC(N)=O)cc1OC. The number of hydrogen-bond acceptors (Lipinski definition) is 4. The summed E-state index contributed by atoms with van der Waals surface area (Å²) in [4.78, 5) is 11.0. The van der Waals surface area contributed by atoms with Crippen LogP contribution in [0.4, 0.5) is 0 Å². The Bertz CT molecular complexity index is 458. The van der Waals surface area contributed by atoms with Gasteiger partial charge in [0, 0.05) is 18.5 Å². The van der Waals surface area contributed by atoms with Crippen molar-refractivity contribution in [3.8, 4) is 11.5 Å². The summed E-state index contributed by atoms with van der Waals surface area (Å²) in [6.07, 6.45) is 0.293. The molecule has 3 N–H and O–H groups in total. The molecule has 0 aliphatic carbocycles. The Morgan fingerprint density at radius 3 is 2.60 bits per heavy atom. The molecule has 0 unspecified atom stereocenters. The largest absolute Gasteiger partial charge is 0.493 e. The molecule has 0 heterocycles. The molecule has 1 aromatic carbocycles. The van der Waals surface area contributed by atoms with Gasteiger partial charge in [-0.1, -0.05) is 6.07 Å². The molecule has 112 valence electrons. The molecule has 0 atom stereocenters. The Kier molecular flexibility index (Phi) is 5.82. The summed E-state index contributed by atoms with van der Waals surface area (Å²) in [6.45, 7) is 7.05. The van der Waals surface area contributed by atoms with Crippen LogP contribution in [-0.4, -0.2) is 25.2 Å². The fourth-order valence-electron chi connectivity index (χ4n) is 1.94. The quantitative estimate of drug-likeness (QED) is 0.762. The third kappa shape index (κ3) is 5.09. The van der Waals surface area contributed by atoms with Crippen molar-refractivity contribution in [2.75, 3.05) is 13.7 Å². The molecular weight excluding hydrogens is 256 g/mol. The van der Waals surface area contributed by atoms with Crippen LogP contribution < -0.4 is 20.5 Å². The fourth-order valence-corrected chi connectivity index (χ4v) is 1.94. The summed E-state index contributed by atoms with van der Waals surface area (Å²) in [7, 11) is 1.62. The number of nitrogens with two attached hydrogens (primary N) is 1. The molecule has 1 rings (SSSR count). The molecule has 0 aromatic heterocycles. The number of carbonyl (C=O) groups is 1. The molecule has 20 heavy (non-hydrogen) atoms. The second-order valence-electron chi connectivity index (χ2n) is 5.30. The van der Waals surface area contributed by atoms with E-state index in [1.807, 2.05) is 39.0 Å². The highest BCUT2D eigenvalue weighted by Gasteiger charge is 2.19. The van der Waals surface area contributed by atoms with E-state index in [0.717, 1.165) is 11.3 Å². The molecular formula is C15H24N2O3. The lowest BCUT2D eigenvalue weighted by molar-refractivity contribution is -0.119. The van der Waals surface area contributed by atoms with Crippen LogP contribution in [0.25, 0.3) is 0 Å². The summed E-state index contributed by atoms with van der Waals surface area (Å²) in [5.74, 6) is 1.13. The van der Waals surface area contributed by atoms with E-state index in [2.05, 4.69) is 5.32 Å². The maximum absolute atomic E-state index is 11.0. The average molecular weight is 280 g/mol. The smallest absolute Gasteiger partial charge is 0.219 e. The van der Waals surface area contributed by atoms with Gasteiger partial charge in [0.05, 0.1) is 13.7 Å². The molecule has 1 amide bonds. The van der Waals surface area contributed by atoms with E-state index in [0.29, 0.717) is 25.3 Å². The van der Waals surface area contributed by atoms with Crippen LogP contribution >= 0.6 is 0 Å². The standard InChI is InChI=1S/C15H24N2O3/c1-5-20-12-7-6-11(8-13(12)19-4)10-17-15(2,3)9-14(16)18/h6-8,17H,5,9-10H2,1-4H3,(H2,16,18). The van der Waals surface area contributed by atoms with Crippen molar-refractivity contribution in [1.29, 1.82) is 0 Å². The van der Waals surface area contributed by atoms with Crippen LogP contribution in [0.15, 0.2) is 18.2 Å². The maximum Gasteiger partial charge on any atom is 0.219 e. The van der Waals surface area contributed by atoms with Gasteiger partial charge in [-0.15, -0.1) is 0 Å². The first-order chi connectivity index (χ1) is 9.38. The monoisotopic (exact) mass is 280 g/mol. The van der Waals surface area contributed by atoms with Crippen LogP contribution in [0.3, 0.4) is 0 Å². The van der Waals surface area contributed by atoms with Crippen molar-refractivity contribution in [3.05, 3.63) is 23.8 Å². The number of amides is 1. The zero-order valence-electron chi connectivity index (χ0n) is 12.7. The zero-order valence-corrected chi connectivity index (χ0v) is 12.7. The predicted molar refractivity (Wildman–Crippen MR) is 78.9 cm³/mol. The third-order valence-corrected chi connectivity index (χ3v) is 2.92. The van der Waals surface area contributed by atoms with Crippen molar-refractivity contribution in [2.45, 2.75) is 39.3 Å². The second-order valence-corrected chi connectivity index (χ2v) is 5.30. The normalized spacial score (nSPS) is 11.2. The third-order valence-electron chi connectivity index (χ3n) is 2.92. The van der Waals surface area contributed by atoms with Crippen LogP contribution in [-0.2, 0) is 11.3 Å². The lowest BCUT2D eigenvalue weighted by Crippen LogP contribution is -2.42. The zero-order chi connectivity index (χ0) is 15.2. The average Bonchev–Trinajstić information content (AvgIpc) is 2.36. The van der Waals surface area contributed by atoms with E-state index in [1.54, 1.807) is 7.11 Å². The van der Waals surface area contributed by atoms with Gasteiger partial charge in [0.15, 0.2) is 11.5 Å². The molecule has 0 fully saturated rings. The number of nitrogens with one attached hydrogen (secondary N) is 1. The summed E-state index contributed by atoms with van der Waals surface area (Å²) < 4.78 is 10.8. The van der Waals surface area contributed by atoms with E-state index in [-0.39, 0.29) is 11.4 Å². The van der Waals surface area contributed by atoms with Crippen molar-refractivity contribution in [1.82, 2.24) is 5.32 Å². The van der Waals surface area contributed by atoms with Gasteiger partial charge >= 0.3 is 0 Å². The Morgan fingerprint density at radius 1 is 1.35 bits per heavy atom. The van der Waals surface area contributed by atoms with Crippen LogP contribution in [0.2, 0.25) is 0 Å². The topological polar surface area (TPSA) is 73.6 Å². The predicted octanol–water partition coefficient (Wildman–Crippen LogP) is 1.84. The van der Waals surface area contributed by atoms with Gasteiger partial charge in [-0.05, 0) is 38.5 Å².